The maximum atomic E-state index is 12.6. The van der Waals surface area contributed by atoms with Crippen molar-refractivity contribution in [3.05, 3.63) is 28.8 Å². The first kappa shape index (κ1) is 11.7. The topological polar surface area (TPSA) is 46.5 Å². The van der Waals surface area contributed by atoms with Crippen LogP contribution in [0.2, 0.25) is 0 Å². The van der Waals surface area contributed by atoms with E-state index in [4.69, 9.17) is 4.74 Å². The van der Waals surface area contributed by atoms with Crippen LogP contribution in [0, 0.1) is 12.3 Å². The highest BCUT2D eigenvalue weighted by Gasteiger charge is 2.62. The number of aliphatic hydroxyl groups is 1. The number of fused-ring (bicyclic) bond motifs is 1. The van der Waals surface area contributed by atoms with Crippen LogP contribution in [0.15, 0.2) is 12.1 Å². The number of carbonyl (C=O) groups is 1. The van der Waals surface area contributed by atoms with Gasteiger partial charge in [-0.05, 0) is 50.3 Å². The fourth-order valence-electron chi connectivity index (χ4n) is 3.13. The number of benzene rings is 1. The van der Waals surface area contributed by atoms with Crippen molar-refractivity contribution in [3.63, 3.8) is 0 Å². The summed E-state index contributed by atoms with van der Waals surface area (Å²) in [6, 6.07) is 3.84. The minimum absolute atomic E-state index is 0.0656. The molecule has 1 N–H and O–H groups in total. The van der Waals surface area contributed by atoms with Crippen LogP contribution in [0.3, 0.4) is 0 Å². The van der Waals surface area contributed by atoms with Crippen molar-refractivity contribution < 1.29 is 14.6 Å². The number of methoxy groups -OCH3 is 1. The van der Waals surface area contributed by atoms with Gasteiger partial charge >= 0.3 is 0 Å². The summed E-state index contributed by atoms with van der Waals surface area (Å²) < 4.78 is 5.27. The van der Waals surface area contributed by atoms with E-state index in [9.17, 15) is 9.90 Å². The predicted molar refractivity (Wildman–Crippen MR) is 68.1 cm³/mol. The van der Waals surface area contributed by atoms with Crippen LogP contribution in [0.1, 0.15) is 41.3 Å². The van der Waals surface area contributed by atoms with Gasteiger partial charge in [-0.15, -0.1) is 0 Å². The molecule has 3 heteroatoms. The molecule has 1 unspecified atom stereocenters. The number of rotatable bonds is 2. The molecule has 1 aromatic rings. The lowest BCUT2D eigenvalue weighted by Crippen LogP contribution is -2.39. The third-order valence-corrected chi connectivity index (χ3v) is 4.66. The van der Waals surface area contributed by atoms with Gasteiger partial charge in [-0.1, -0.05) is 6.07 Å². The molecule has 3 rings (SSSR count). The number of ketones is 1. The quantitative estimate of drug-likeness (QED) is 0.870. The minimum atomic E-state index is -0.787. The Balaban J connectivity index is 2.09. The summed E-state index contributed by atoms with van der Waals surface area (Å²) in [4.78, 5) is 12.6. The lowest BCUT2D eigenvalue weighted by Gasteiger charge is -2.28. The standard InChI is InChI=1S/C15H18O3/c1-9-6-10-8-14(2,15(17)4-5-15)13(16)11(10)7-12(9)18-3/h6-7,17H,4-5,8H2,1-3H3. The summed E-state index contributed by atoms with van der Waals surface area (Å²) in [5.41, 5.74) is 1.37. The van der Waals surface area contributed by atoms with Gasteiger partial charge < -0.3 is 9.84 Å². The second kappa shape index (κ2) is 3.35. The second-order valence-electron chi connectivity index (χ2n) is 5.85. The van der Waals surface area contributed by atoms with E-state index in [1.807, 2.05) is 26.0 Å². The molecular formula is C15H18O3. The van der Waals surface area contributed by atoms with E-state index in [0.717, 1.165) is 35.3 Å². The van der Waals surface area contributed by atoms with E-state index in [0.29, 0.717) is 6.42 Å². The Bertz CT molecular complexity index is 543. The van der Waals surface area contributed by atoms with Crippen molar-refractivity contribution in [2.24, 2.45) is 5.41 Å². The first-order chi connectivity index (χ1) is 8.41. The van der Waals surface area contributed by atoms with E-state index in [1.54, 1.807) is 7.11 Å². The van der Waals surface area contributed by atoms with Crippen molar-refractivity contribution in [2.45, 2.75) is 38.7 Å². The van der Waals surface area contributed by atoms with Crippen LogP contribution in [-0.4, -0.2) is 23.6 Å². The molecular weight excluding hydrogens is 228 g/mol. The van der Waals surface area contributed by atoms with Gasteiger partial charge in [-0.25, -0.2) is 0 Å². The lowest BCUT2D eigenvalue weighted by atomic mass is 9.78. The van der Waals surface area contributed by atoms with E-state index < -0.39 is 11.0 Å². The molecule has 0 bridgehead atoms. The summed E-state index contributed by atoms with van der Waals surface area (Å²) in [6.45, 7) is 3.87. The molecule has 96 valence electrons. The van der Waals surface area contributed by atoms with E-state index >= 15 is 0 Å². The third-order valence-electron chi connectivity index (χ3n) is 4.66. The zero-order valence-electron chi connectivity index (χ0n) is 11.0. The number of aryl methyl sites for hydroxylation is 1. The van der Waals surface area contributed by atoms with E-state index in [-0.39, 0.29) is 5.78 Å². The monoisotopic (exact) mass is 246 g/mol. The largest absolute Gasteiger partial charge is 0.496 e. The molecule has 2 aliphatic rings. The Morgan fingerprint density at radius 3 is 2.56 bits per heavy atom. The minimum Gasteiger partial charge on any atom is -0.496 e. The molecule has 0 aromatic heterocycles. The Hall–Kier alpha value is -1.35. The van der Waals surface area contributed by atoms with E-state index in [1.165, 1.54) is 0 Å². The highest BCUT2D eigenvalue weighted by molar-refractivity contribution is 6.06. The van der Waals surface area contributed by atoms with Crippen LogP contribution in [0.5, 0.6) is 5.75 Å². The Labute approximate surface area is 107 Å². The SMILES string of the molecule is COc1cc2c(cc1C)CC(C)(C1(O)CC1)C2=O. The van der Waals surface area contributed by atoms with Crippen LogP contribution in [0.4, 0.5) is 0 Å². The molecule has 0 spiro atoms. The molecule has 1 fully saturated rings. The van der Waals surface area contributed by atoms with Crippen LogP contribution in [-0.2, 0) is 6.42 Å². The van der Waals surface area contributed by atoms with Crippen LogP contribution >= 0.6 is 0 Å². The predicted octanol–water partition coefficient (Wildman–Crippen LogP) is 2.27. The van der Waals surface area contributed by atoms with Gasteiger partial charge in [0.05, 0.1) is 18.1 Å². The van der Waals surface area contributed by atoms with Crippen molar-refractivity contribution >= 4 is 5.78 Å². The number of carbonyl (C=O) groups excluding carboxylic acids is 1. The average molecular weight is 246 g/mol. The lowest BCUT2D eigenvalue weighted by molar-refractivity contribution is 0.0209. The zero-order chi connectivity index (χ0) is 13.1. The molecule has 18 heavy (non-hydrogen) atoms. The number of hydrogen-bond donors (Lipinski definition) is 1. The zero-order valence-corrected chi connectivity index (χ0v) is 11.0. The molecule has 0 saturated heterocycles. The molecule has 1 aromatic carbocycles. The maximum absolute atomic E-state index is 12.6. The average Bonchev–Trinajstić information content (AvgIpc) is 3.02. The molecule has 2 aliphatic carbocycles. The fourth-order valence-corrected chi connectivity index (χ4v) is 3.13. The van der Waals surface area contributed by atoms with Crippen molar-refractivity contribution in [1.29, 1.82) is 0 Å². The smallest absolute Gasteiger partial charge is 0.172 e. The molecule has 0 aliphatic heterocycles. The van der Waals surface area contributed by atoms with Gasteiger partial charge in [0.25, 0.3) is 0 Å². The molecule has 1 saturated carbocycles. The van der Waals surface area contributed by atoms with Crippen molar-refractivity contribution in [3.8, 4) is 5.75 Å². The maximum Gasteiger partial charge on any atom is 0.172 e. The normalized spacial score (nSPS) is 28.1. The first-order valence-corrected chi connectivity index (χ1v) is 6.36. The summed E-state index contributed by atoms with van der Waals surface area (Å²) >= 11 is 0. The van der Waals surface area contributed by atoms with Gasteiger partial charge in [-0.3, -0.25) is 4.79 Å². The molecule has 0 radical (unpaired) electrons. The highest BCUT2D eigenvalue weighted by atomic mass is 16.5. The van der Waals surface area contributed by atoms with Crippen molar-refractivity contribution in [1.82, 2.24) is 0 Å². The fraction of sp³-hybridized carbons (Fsp3) is 0.533. The number of ether oxygens (including phenoxy) is 1. The van der Waals surface area contributed by atoms with Crippen LogP contribution < -0.4 is 4.74 Å². The van der Waals surface area contributed by atoms with Gasteiger partial charge in [0.2, 0.25) is 0 Å². The third kappa shape index (κ3) is 1.31. The Morgan fingerprint density at radius 2 is 2.00 bits per heavy atom. The Morgan fingerprint density at radius 1 is 1.33 bits per heavy atom. The van der Waals surface area contributed by atoms with Gasteiger partial charge in [-0.2, -0.15) is 0 Å². The number of hydrogen-bond acceptors (Lipinski definition) is 3. The summed E-state index contributed by atoms with van der Waals surface area (Å²) in [6.07, 6.45) is 2.11. The Kier molecular flexibility index (Phi) is 2.18. The second-order valence-corrected chi connectivity index (χ2v) is 5.85. The summed E-state index contributed by atoms with van der Waals surface area (Å²) in [5.74, 6) is 0.810. The van der Waals surface area contributed by atoms with Gasteiger partial charge in [0.1, 0.15) is 5.75 Å². The highest BCUT2D eigenvalue weighted by Crippen LogP contribution is 2.56. The first-order valence-electron chi connectivity index (χ1n) is 6.36. The summed E-state index contributed by atoms with van der Waals surface area (Å²) in [5, 5.41) is 10.4. The molecule has 0 heterocycles. The van der Waals surface area contributed by atoms with Gasteiger partial charge in [0.15, 0.2) is 5.78 Å². The van der Waals surface area contributed by atoms with Crippen molar-refractivity contribution in [2.75, 3.05) is 7.11 Å². The van der Waals surface area contributed by atoms with Crippen LogP contribution in [0.25, 0.3) is 0 Å². The molecule has 0 amide bonds. The molecule has 1 atom stereocenters. The van der Waals surface area contributed by atoms with Gasteiger partial charge in [0, 0.05) is 5.56 Å². The van der Waals surface area contributed by atoms with E-state index in [2.05, 4.69) is 0 Å². The number of Topliss-reactive ketones (excluding diaryl/α,β-unsaturated/α-hetero) is 1. The summed E-state index contributed by atoms with van der Waals surface area (Å²) in [7, 11) is 1.61. The molecule has 3 nitrogen and oxygen atoms in total.